The fourth-order valence-electron chi connectivity index (χ4n) is 5.18. The number of carbonyl (C=O) groups is 2. The van der Waals surface area contributed by atoms with Crippen LogP contribution in [0, 0.1) is 5.92 Å². The zero-order valence-electron chi connectivity index (χ0n) is 21.4. The Morgan fingerprint density at radius 1 is 0.921 bits per heavy atom. The predicted octanol–water partition coefficient (Wildman–Crippen LogP) is 5.84. The van der Waals surface area contributed by atoms with Crippen LogP contribution in [-0.2, 0) is 27.5 Å². The summed E-state index contributed by atoms with van der Waals surface area (Å²) in [5.41, 5.74) is 4.69. The molecular weight excluding hydrogens is 478 g/mol. The Kier molecular flexibility index (Phi) is 7.59. The average molecular weight is 510 g/mol. The molecule has 6 heteroatoms. The molecule has 1 heterocycles. The number of nitrogens with one attached hydrogen (secondary N) is 1. The van der Waals surface area contributed by atoms with E-state index in [9.17, 15) is 9.59 Å². The van der Waals surface area contributed by atoms with E-state index in [1.165, 1.54) is 0 Å². The second-order valence-electron chi connectivity index (χ2n) is 9.55. The van der Waals surface area contributed by atoms with Crippen LogP contribution in [0.1, 0.15) is 41.9 Å². The number of carbonyl (C=O) groups excluding carboxylic acids is 2. The summed E-state index contributed by atoms with van der Waals surface area (Å²) in [4.78, 5) is 26.8. The van der Waals surface area contributed by atoms with Crippen LogP contribution < -0.4 is 14.8 Å². The summed E-state index contributed by atoms with van der Waals surface area (Å²) >= 11 is 0. The number of allylic oxidation sites excluding steroid dienone is 2. The van der Waals surface area contributed by atoms with Crippen molar-refractivity contribution in [1.82, 2.24) is 5.32 Å². The number of Topliss-reactive ketones (excluding diaryl/α,β-unsaturated/α-hetero) is 1. The highest BCUT2D eigenvalue weighted by Crippen LogP contribution is 2.46. The van der Waals surface area contributed by atoms with E-state index in [1.54, 1.807) is 7.11 Å². The molecule has 0 aromatic heterocycles. The fourth-order valence-corrected chi connectivity index (χ4v) is 5.18. The van der Waals surface area contributed by atoms with Crippen molar-refractivity contribution in [3.8, 4) is 11.5 Å². The van der Waals surface area contributed by atoms with Crippen LogP contribution in [0.25, 0.3) is 0 Å². The normalized spacial score (nSPS) is 18.9. The van der Waals surface area contributed by atoms with Crippen LogP contribution >= 0.6 is 0 Å². The third-order valence-electron chi connectivity index (χ3n) is 7.05. The Bertz CT molecular complexity index is 1360. The number of esters is 1. The summed E-state index contributed by atoms with van der Waals surface area (Å²) in [7, 11) is 1.59. The van der Waals surface area contributed by atoms with Crippen molar-refractivity contribution >= 4 is 11.8 Å². The van der Waals surface area contributed by atoms with Crippen LogP contribution in [-0.4, -0.2) is 18.9 Å². The first-order chi connectivity index (χ1) is 18.5. The molecule has 0 amide bonds. The molecule has 2 aliphatic rings. The predicted molar refractivity (Wildman–Crippen MR) is 144 cm³/mol. The van der Waals surface area contributed by atoms with Gasteiger partial charge in [-0.15, -0.1) is 0 Å². The summed E-state index contributed by atoms with van der Waals surface area (Å²) in [5.74, 6) is -0.581. The molecule has 194 valence electrons. The molecule has 2 unspecified atom stereocenters. The molecule has 3 aromatic rings. The Hall–Kier alpha value is -4.32. The lowest BCUT2D eigenvalue weighted by molar-refractivity contribution is -0.149. The second kappa shape index (κ2) is 11.4. The number of benzene rings is 3. The van der Waals surface area contributed by atoms with E-state index < -0.39 is 17.8 Å². The molecule has 0 bridgehead atoms. The van der Waals surface area contributed by atoms with E-state index in [-0.39, 0.29) is 12.4 Å². The minimum atomic E-state index is -0.769. The van der Waals surface area contributed by atoms with Gasteiger partial charge in [-0.05, 0) is 41.7 Å². The highest BCUT2D eigenvalue weighted by Gasteiger charge is 2.44. The van der Waals surface area contributed by atoms with Crippen molar-refractivity contribution in [1.29, 1.82) is 0 Å². The quantitative estimate of drug-likeness (QED) is 0.385. The van der Waals surface area contributed by atoms with Gasteiger partial charge in [-0.3, -0.25) is 9.59 Å². The van der Waals surface area contributed by atoms with E-state index in [1.807, 2.05) is 78.9 Å². The average Bonchev–Trinajstić information content (AvgIpc) is 2.95. The van der Waals surface area contributed by atoms with Crippen LogP contribution in [0.5, 0.6) is 11.5 Å². The highest BCUT2D eigenvalue weighted by atomic mass is 16.5. The first-order valence-corrected chi connectivity index (χ1v) is 12.8. The zero-order valence-corrected chi connectivity index (χ0v) is 21.4. The monoisotopic (exact) mass is 509 g/mol. The number of hydrogen-bond acceptors (Lipinski definition) is 6. The van der Waals surface area contributed by atoms with Crippen LogP contribution in [0.4, 0.5) is 0 Å². The van der Waals surface area contributed by atoms with Crippen molar-refractivity contribution in [3.05, 3.63) is 119 Å². The minimum absolute atomic E-state index is 0.0414. The van der Waals surface area contributed by atoms with Crippen LogP contribution in [0.3, 0.4) is 0 Å². The summed E-state index contributed by atoms with van der Waals surface area (Å²) in [6.45, 7) is 4.68. The maximum absolute atomic E-state index is 13.6. The molecule has 1 aliphatic heterocycles. The number of ether oxygens (including phenoxy) is 3. The topological polar surface area (TPSA) is 73.9 Å². The van der Waals surface area contributed by atoms with Crippen molar-refractivity contribution in [2.45, 2.75) is 38.4 Å². The van der Waals surface area contributed by atoms with Gasteiger partial charge in [0, 0.05) is 29.3 Å². The standard InChI is InChI=1S/C32H31NO5/c1-21-29(32(35)38-20-23-12-7-4-8-13-23)30(31-25(33-21)14-9-15-26(31)34)24-16-17-27(36-2)28(18-24)37-19-22-10-5-3-6-11-22/h3-8,10-13,16-18,29-30,33H,1,9,14-15,19-20H2,2H3. The second-order valence-corrected chi connectivity index (χ2v) is 9.55. The number of ketones is 1. The van der Waals surface area contributed by atoms with Gasteiger partial charge in [-0.1, -0.05) is 73.3 Å². The van der Waals surface area contributed by atoms with Gasteiger partial charge in [0.1, 0.15) is 19.1 Å². The van der Waals surface area contributed by atoms with Crippen molar-refractivity contribution in [3.63, 3.8) is 0 Å². The maximum atomic E-state index is 13.6. The summed E-state index contributed by atoms with van der Waals surface area (Å²) in [5, 5.41) is 3.27. The Morgan fingerprint density at radius 3 is 2.29 bits per heavy atom. The van der Waals surface area contributed by atoms with Crippen LogP contribution in [0.2, 0.25) is 0 Å². The zero-order chi connectivity index (χ0) is 26.5. The molecule has 0 saturated carbocycles. The van der Waals surface area contributed by atoms with E-state index >= 15 is 0 Å². The summed E-state index contributed by atoms with van der Waals surface area (Å²) < 4.78 is 17.5. The van der Waals surface area contributed by atoms with Crippen molar-refractivity contribution in [2.75, 3.05) is 7.11 Å². The first kappa shape index (κ1) is 25.3. The Labute approximate surface area is 222 Å². The third kappa shape index (κ3) is 5.35. The maximum Gasteiger partial charge on any atom is 0.316 e. The van der Waals surface area contributed by atoms with E-state index in [0.29, 0.717) is 35.8 Å². The third-order valence-corrected chi connectivity index (χ3v) is 7.05. The van der Waals surface area contributed by atoms with Gasteiger partial charge < -0.3 is 19.5 Å². The minimum Gasteiger partial charge on any atom is -0.493 e. The van der Waals surface area contributed by atoms with Gasteiger partial charge in [0.25, 0.3) is 0 Å². The molecule has 1 aliphatic carbocycles. The number of hydrogen-bond donors (Lipinski definition) is 1. The SMILES string of the molecule is C=C1NC2=C(C(=O)CCC2)C(c2ccc(OC)c(OCc3ccccc3)c2)C1C(=O)OCc1ccccc1. The van der Waals surface area contributed by atoms with E-state index in [0.717, 1.165) is 35.2 Å². The van der Waals surface area contributed by atoms with Gasteiger partial charge in [-0.2, -0.15) is 0 Å². The largest absolute Gasteiger partial charge is 0.493 e. The van der Waals surface area contributed by atoms with Gasteiger partial charge in [0.15, 0.2) is 17.3 Å². The Balaban J connectivity index is 1.50. The molecule has 6 nitrogen and oxygen atoms in total. The highest BCUT2D eigenvalue weighted by molar-refractivity contribution is 6.00. The molecule has 5 rings (SSSR count). The smallest absolute Gasteiger partial charge is 0.316 e. The molecule has 0 radical (unpaired) electrons. The van der Waals surface area contributed by atoms with E-state index in [2.05, 4.69) is 11.9 Å². The van der Waals surface area contributed by atoms with Gasteiger partial charge >= 0.3 is 5.97 Å². The first-order valence-electron chi connectivity index (χ1n) is 12.8. The molecule has 1 N–H and O–H groups in total. The molecule has 38 heavy (non-hydrogen) atoms. The fraction of sp³-hybridized carbons (Fsp3) is 0.250. The van der Waals surface area contributed by atoms with Crippen molar-refractivity contribution < 1.29 is 23.8 Å². The van der Waals surface area contributed by atoms with Gasteiger partial charge in [0.05, 0.1) is 7.11 Å². The van der Waals surface area contributed by atoms with Crippen molar-refractivity contribution in [2.24, 2.45) is 5.92 Å². The summed E-state index contributed by atoms with van der Waals surface area (Å²) in [6.07, 6.45) is 1.94. The summed E-state index contributed by atoms with van der Waals surface area (Å²) in [6, 6.07) is 25.0. The van der Waals surface area contributed by atoms with Gasteiger partial charge in [-0.25, -0.2) is 0 Å². The molecule has 3 aromatic carbocycles. The molecule has 0 spiro atoms. The number of methoxy groups -OCH3 is 1. The molecular formula is C32H31NO5. The van der Waals surface area contributed by atoms with Crippen LogP contribution in [0.15, 0.2) is 102 Å². The molecule has 2 atom stereocenters. The van der Waals surface area contributed by atoms with Gasteiger partial charge in [0.2, 0.25) is 0 Å². The number of rotatable bonds is 8. The van der Waals surface area contributed by atoms with E-state index in [4.69, 9.17) is 14.2 Å². The lowest BCUT2D eigenvalue weighted by Crippen LogP contribution is -2.41. The molecule has 0 fully saturated rings. The lowest BCUT2D eigenvalue weighted by atomic mass is 9.71. The lowest BCUT2D eigenvalue weighted by Gasteiger charge is -2.38. The Morgan fingerprint density at radius 2 is 1.61 bits per heavy atom. The molecule has 0 saturated heterocycles.